The topological polar surface area (TPSA) is 26.0 Å². The lowest BCUT2D eigenvalue weighted by atomic mass is 9.96. The van der Waals surface area contributed by atoms with Crippen LogP contribution in [0.3, 0.4) is 0 Å². The van der Waals surface area contributed by atoms with Gasteiger partial charge in [-0.1, -0.05) is 13.3 Å². The van der Waals surface area contributed by atoms with Gasteiger partial charge in [0.15, 0.2) is 6.39 Å². The van der Waals surface area contributed by atoms with Crippen LogP contribution >= 0.6 is 11.6 Å². The summed E-state index contributed by atoms with van der Waals surface area (Å²) < 4.78 is 5.44. The molecule has 0 amide bonds. The first-order valence-corrected chi connectivity index (χ1v) is 5.34. The Labute approximate surface area is 83.3 Å². The van der Waals surface area contributed by atoms with E-state index in [4.69, 9.17) is 16.0 Å². The van der Waals surface area contributed by atoms with E-state index in [9.17, 15) is 0 Å². The molecule has 1 saturated carbocycles. The zero-order chi connectivity index (χ0) is 9.31. The van der Waals surface area contributed by atoms with E-state index in [0.29, 0.717) is 11.3 Å². The van der Waals surface area contributed by atoms with Crippen molar-refractivity contribution >= 4 is 11.6 Å². The second-order valence-electron chi connectivity index (χ2n) is 3.79. The van der Waals surface area contributed by atoms with Crippen molar-refractivity contribution in [1.82, 2.24) is 4.98 Å². The predicted molar refractivity (Wildman–Crippen MR) is 51.9 cm³/mol. The fourth-order valence-electron chi connectivity index (χ4n) is 2.02. The van der Waals surface area contributed by atoms with Gasteiger partial charge in [-0.2, -0.15) is 0 Å². The van der Waals surface area contributed by atoms with E-state index in [1.165, 1.54) is 32.1 Å². The molecule has 2 nitrogen and oxygen atoms in total. The van der Waals surface area contributed by atoms with Gasteiger partial charge in [0.05, 0.1) is 11.6 Å². The Kier molecular flexibility index (Phi) is 2.33. The van der Waals surface area contributed by atoms with Gasteiger partial charge in [-0.15, -0.1) is 11.6 Å². The van der Waals surface area contributed by atoms with Crippen molar-refractivity contribution in [2.24, 2.45) is 0 Å². The fraction of sp³-hybridized carbons (Fsp3) is 0.700. The summed E-state index contributed by atoms with van der Waals surface area (Å²) in [6.07, 6.45) is 6.39. The van der Waals surface area contributed by atoms with Gasteiger partial charge in [-0.25, -0.2) is 4.98 Å². The van der Waals surface area contributed by atoms with Crippen molar-refractivity contribution < 1.29 is 4.42 Å². The average Bonchev–Trinajstić information content (AvgIpc) is 2.77. The highest BCUT2D eigenvalue weighted by Crippen LogP contribution is 2.52. The van der Waals surface area contributed by atoms with E-state index < -0.39 is 0 Å². The number of oxazole rings is 1. The van der Waals surface area contributed by atoms with Crippen molar-refractivity contribution in [1.29, 1.82) is 0 Å². The van der Waals surface area contributed by atoms with Crippen molar-refractivity contribution in [2.45, 2.75) is 43.9 Å². The van der Waals surface area contributed by atoms with Crippen LogP contribution in [0.4, 0.5) is 0 Å². The molecule has 0 aromatic carbocycles. The van der Waals surface area contributed by atoms with Gasteiger partial charge in [-0.3, -0.25) is 0 Å². The highest BCUT2D eigenvalue weighted by atomic mass is 35.5. The summed E-state index contributed by atoms with van der Waals surface area (Å²) in [7, 11) is 0. The molecule has 2 rings (SSSR count). The van der Waals surface area contributed by atoms with E-state index >= 15 is 0 Å². The molecule has 0 unspecified atom stereocenters. The Morgan fingerprint density at radius 1 is 1.62 bits per heavy atom. The van der Waals surface area contributed by atoms with Gasteiger partial charge >= 0.3 is 0 Å². The van der Waals surface area contributed by atoms with Crippen LogP contribution in [-0.4, -0.2) is 4.98 Å². The molecule has 0 radical (unpaired) electrons. The minimum atomic E-state index is 0.301. The lowest BCUT2D eigenvalue weighted by Crippen LogP contribution is -2.07. The third kappa shape index (κ3) is 1.48. The second-order valence-corrected chi connectivity index (χ2v) is 4.06. The molecule has 1 aliphatic rings. The maximum Gasteiger partial charge on any atom is 0.181 e. The molecule has 1 fully saturated rings. The second kappa shape index (κ2) is 3.33. The summed E-state index contributed by atoms with van der Waals surface area (Å²) in [6, 6.07) is 0. The molecule has 0 bridgehead atoms. The van der Waals surface area contributed by atoms with E-state index in [0.717, 1.165) is 11.5 Å². The summed E-state index contributed by atoms with van der Waals surface area (Å²) in [5, 5.41) is 0. The van der Waals surface area contributed by atoms with Crippen molar-refractivity contribution in [3.63, 3.8) is 0 Å². The molecule has 72 valence electrons. The first-order valence-electron chi connectivity index (χ1n) is 4.81. The van der Waals surface area contributed by atoms with Crippen LogP contribution in [0.25, 0.3) is 0 Å². The minimum absolute atomic E-state index is 0.301. The van der Waals surface area contributed by atoms with Gasteiger partial charge in [-0.05, 0) is 19.3 Å². The van der Waals surface area contributed by atoms with Crippen LogP contribution in [0.15, 0.2) is 10.8 Å². The average molecular weight is 200 g/mol. The summed E-state index contributed by atoms with van der Waals surface area (Å²) >= 11 is 5.78. The highest BCUT2D eigenvalue weighted by Gasteiger charge is 2.47. The predicted octanol–water partition coefficient (Wildman–Crippen LogP) is 3.25. The molecular formula is C10H14ClNO. The Morgan fingerprint density at radius 2 is 2.38 bits per heavy atom. The molecule has 0 spiro atoms. The lowest BCUT2D eigenvalue weighted by Gasteiger charge is -2.10. The number of alkyl halides is 1. The van der Waals surface area contributed by atoms with Crippen LogP contribution in [0, 0.1) is 0 Å². The van der Waals surface area contributed by atoms with E-state index in [2.05, 4.69) is 11.9 Å². The molecule has 1 aromatic heterocycles. The largest absolute Gasteiger partial charge is 0.448 e. The summed E-state index contributed by atoms with van der Waals surface area (Å²) in [4.78, 5) is 4.12. The lowest BCUT2D eigenvalue weighted by molar-refractivity contribution is 0.426. The van der Waals surface area contributed by atoms with Crippen LogP contribution in [0.5, 0.6) is 0 Å². The van der Waals surface area contributed by atoms with Gasteiger partial charge < -0.3 is 4.42 Å². The van der Waals surface area contributed by atoms with Crippen LogP contribution < -0.4 is 0 Å². The van der Waals surface area contributed by atoms with Crippen LogP contribution in [0.2, 0.25) is 0 Å². The summed E-state index contributed by atoms with van der Waals surface area (Å²) in [5.74, 6) is 1.52. The first-order chi connectivity index (χ1) is 6.32. The third-order valence-electron chi connectivity index (χ3n) is 2.83. The minimum Gasteiger partial charge on any atom is -0.448 e. The Balaban J connectivity index is 2.24. The van der Waals surface area contributed by atoms with Gasteiger partial charge in [0, 0.05) is 5.41 Å². The smallest absolute Gasteiger partial charge is 0.181 e. The highest BCUT2D eigenvalue weighted by molar-refractivity contribution is 6.16. The molecule has 0 N–H and O–H groups in total. The summed E-state index contributed by atoms with van der Waals surface area (Å²) in [6.45, 7) is 2.21. The number of aromatic nitrogens is 1. The summed E-state index contributed by atoms with van der Waals surface area (Å²) in [5.41, 5.74) is 1.24. The number of halogens is 1. The van der Waals surface area contributed by atoms with Gasteiger partial charge in [0.25, 0.3) is 0 Å². The van der Waals surface area contributed by atoms with E-state index in [1.54, 1.807) is 0 Å². The molecule has 0 aliphatic heterocycles. The molecule has 1 heterocycles. The molecule has 13 heavy (non-hydrogen) atoms. The van der Waals surface area contributed by atoms with Gasteiger partial charge in [0.2, 0.25) is 0 Å². The zero-order valence-electron chi connectivity index (χ0n) is 7.85. The van der Waals surface area contributed by atoms with E-state index in [-0.39, 0.29) is 0 Å². The number of rotatable bonds is 4. The van der Waals surface area contributed by atoms with Crippen molar-refractivity contribution in [3.8, 4) is 0 Å². The monoisotopic (exact) mass is 199 g/mol. The maximum atomic E-state index is 5.78. The maximum absolute atomic E-state index is 5.78. The molecular weight excluding hydrogens is 186 g/mol. The molecule has 0 saturated heterocycles. The standard InChI is InChI=1S/C10H14ClNO/c1-2-3-10(4-5-10)9-8(6-11)12-7-13-9/h7H,2-6H2,1H3. The number of hydrogen-bond donors (Lipinski definition) is 0. The fourth-order valence-corrected chi connectivity index (χ4v) is 2.21. The van der Waals surface area contributed by atoms with Gasteiger partial charge in [0.1, 0.15) is 5.76 Å². The number of nitrogens with zero attached hydrogens (tertiary/aromatic N) is 1. The SMILES string of the molecule is CCCC1(c2ocnc2CCl)CC1. The molecule has 0 atom stereocenters. The normalized spacial score (nSPS) is 18.9. The van der Waals surface area contributed by atoms with Crippen molar-refractivity contribution in [2.75, 3.05) is 0 Å². The third-order valence-corrected chi connectivity index (χ3v) is 3.08. The molecule has 1 aliphatic carbocycles. The molecule has 3 heteroatoms. The zero-order valence-corrected chi connectivity index (χ0v) is 8.60. The van der Waals surface area contributed by atoms with Crippen LogP contribution in [-0.2, 0) is 11.3 Å². The van der Waals surface area contributed by atoms with Crippen LogP contribution in [0.1, 0.15) is 44.1 Å². The first kappa shape index (κ1) is 9.07. The number of hydrogen-bond acceptors (Lipinski definition) is 2. The molecule has 1 aromatic rings. The Bertz CT molecular complexity index is 291. The van der Waals surface area contributed by atoms with E-state index in [1.807, 2.05) is 0 Å². The van der Waals surface area contributed by atoms with Crippen molar-refractivity contribution in [3.05, 3.63) is 17.8 Å². The Hall–Kier alpha value is -0.500. The quantitative estimate of drug-likeness (QED) is 0.696. The Morgan fingerprint density at radius 3 is 2.92 bits per heavy atom.